The van der Waals surface area contributed by atoms with Crippen molar-refractivity contribution in [3.63, 3.8) is 0 Å². The summed E-state index contributed by atoms with van der Waals surface area (Å²) < 4.78 is 130. The van der Waals surface area contributed by atoms with E-state index in [1.54, 1.807) is 0 Å². The number of aliphatic carboxylic acids is 2. The Bertz CT molecular complexity index is 839. The van der Waals surface area contributed by atoms with Crippen LogP contribution in [0.1, 0.15) is 0 Å². The molecule has 1 aliphatic heterocycles. The molecule has 2 N–H and O–H groups in total. The molecule has 0 saturated heterocycles. The van der Waals surface area contributed by atoms with Gasteiger partial charge in [0.1, 0.15) is 16.3 Å². The van der Waals surface area contributed by atoms with E-state index in [4.69, 9.17) is 10.2 Å². The van der Waals surface area contributed by atoms with Crippen LogP contribution in [0.2, 0.25) is 0 Å². The molecule has 0 bridgehead atoms. The van der Waals surface area contributed by atoms with Gasteiger partial charge in [0.05, 0.1) is 0 Å². The molecule has 16 heteroatoms. The zero-order valence-electron chi connectivity index (χ0n) is 12.4. The van der Waals surface area contributed by atoms with E-state index in [2.05, 4.69) is 4.99 Å². The van der Waals surface area contributed by atoms with Crippen LogP contribution in [0.15, 0.2) is 39.4 Å². The molecule has 0 aliphatic carbocycles. The lowest BCUT2D eigenvalue weighted by Gasteiger charge is -2.28. The molecular weight excluding hydrogens is 444 g/mol. The van der Waals surface area contributed by atoms with Crippen molar-refractivity contribution in [2.45, 2.75) is 17.1 Å². The molecular formula is C12H3F10NO4S. The van der Waals surface area contributed by atoms with Crippen molar-refractivity contribution in [1.29, 1.82) is 0 Å². The summed E-state index contributed by atoms with van der Waals surface area (Å²) in [5.74, 6) is -23.6. The Labute approximate surface area is 150 Å². The van der Waals surface area contributed by atoms with Crippen LogP contribution >= 0.6 is 11.8 Å². The number of halogens is 10. The van der Waals surface area contributed by atoms with Gasteiger partial charge in [-0.25, -0.2) is 9.79 Å². The first-order valence-corrected chi connectivity index (χ1v) is 7.09. The molecule has 1 rings (SSSR count). The number of allylic oxidation sites excluding steroid dienone is 2. The van der Waals surface area contributed by atoms with Crippen LogP contribution < -0.4 is 0 Å². The fourth-order valence-corrected chi connectivity index (χ4v) is 2.71. The van der Waals surface area contributed by atoms with Crippen LogP contribution in [0, 0.1) is 0 Å². The second-order valence-electron chi connectivity index (χ2n) is 4.61. The van der Waals surface area contributed by atoms with E-state index in [0.29, 0.717) is 0 Å². The number of carbonyl (C=O) groups is 2. The molecule has 156 valence electrons. The van der Waals surface area contributed by atoms with Gasteiger partial charge in [0, 0.05) is 0 Å². The van der Waals surface area contributed by atoms with E-state index in [1.165, 1.54) is 0 Å². The van der Waals surface area contributed by atoms with Crippen molar-refractivity contribution >= 4 is 29.4 Å². The van der Waals surface area contributed by atoms with Crippen molar-refractivity contribution in [2.24, 2.45) is 4.99 Å². The first-order chi connectivity index (χ1) is 12.6. The van der Waals surface area contributed by atoms with Crippen LogP contribution in [0.3, 0.4) is 0 Å². The summed E-state index contributed by atoms with van der Waals surface area (Å²) in [6.07, 6.45) is -7.42. The van der Waals surface area contributed by atoms with Gasteiger partial charge < -0.3 is 10.2 Å². The van der Waals surface area contributed by atoms with Gasteiger partial charge in [0.2, 0.25) is 11.7 Å². The maximum atomic E-state index is 13.8. The van der Waals surface area contributed by atoms with E-state index in [1.807, 2.05) is 0 Å². The molecule has 1 atom stereocenters. The summed E-state index contributed by atoms with van der Waals surface area (Å²) in [6, 6.07) is 0. The monoisotopic (exact) mass is 447 g/mol. The Morgan fingerprint density at radius 3 is 1.64 bits per heavy atom. The second kappa shape index (κ2) is 7.84. The fraction of sp³-hybridized carbons (Fsp3) is 0.250. The number of hydrogen-bond acceptors (Lipinski definition) is 4. The van der Waals surface area contributed by atoms with Crippen molar-refractivity contribution < 1.29 is 63.7 Å². The summed E-state index contributed by atoms with van der Waals surface area (Å²) in [5.41, 5.74) is -5.25. The standard InChI is InChI=1S/C12H3F10NO4S/c13-3(7(15)16)11(19,20)5-1(9(24)25)28-2(10(26)27)6(23-5)12(21,22)4(14)8(17)18/h1H,(H,24,25)(H,26,27). The normalized spacial score (nSPS) is 17.8. The third-order valence-electron chi connectivity index (χ3n) is 2.85. The summed E-state index contributed by atoms with van der Waals surface area (Å²) in [6.45, 7) is 0. The van der Waals surface area contributed by atoms with Crippen LogP contribution in [0.4, 0.5) is 43.9 Å². The Balaban J connectivity index is 3.92. The smallest absolute Gasteiger partial charge is 0.347 e. The number of alkyl halides is 4. The summed E-state index contributed by atoms with van der Waals surface area (Å²) >= 11 is -0.903. The average Bonchev–Trinajstić information content (AvgIpc) is 2.58. The number of aliphatic imine (C=N–C) groups is 1. The molecule has 0 amide bonds. The maximum Gasteiger partial charge on any atom is 0.347 e. The van der Waals surface area contributed by atoms with Gasteiger partial charge in [-0.2, -0.15) is 43.9 Å². The van der Waals surface area contributed by atoms with Gasteiger partial charge in [-0.1, -0.05) is 11.8 Å². The van der Waals surface area contributed by atoms with Gasteiger partial charge in [0.25, 0.3) is 0 Å². The highest BCUT2D eigenvalue weighted by atomic mass is 32.2. The topological polar surface area (TPSA) is 87.0 Å². The molecule has 0 saturated carbocycles. The minimum absolute atomic E-state index is 0.903. The lowest BCUT2D eigenvalue weighted by Crippen LogP contribution is -2.44. The first-order valence-electron chi connectivity index (χ1n) is 6.21. The zero-order valence-corrected chi connectivity index (χ0v) is 13.2. The first kappa shape index (κ1) is 23.5. The third-order valence-corrected chi connectivity index (χ3v) is 4.12. The molecule has 0 aromatic carbocycles. The molecule has 28 heavy (non-hydrogen) atoms. The number of hydrogen-bond donors (Lipinski definition) is 2. The fourth-order valence-electron chi connectivity index (χ4n) is 1.68. The summed E-state index contributed by atoms with van der Waals surface area (Å²) in [7, 11) is 0. The second-order valence-corrected chi connectivity index (χ2v) is 5.73. The van der Waals surface area contributed by atoms with Gasteiger partial charge >= 0.3 is 35.9 Å². The quantitative estimate of drug-likeness (QED) is 0.592. The molecule has 0 radical (unpaired) electrons. The van der Waals surface area contributed by atoms with Gasteiger partial charge in [-0.15, -0.1) is 0 Å². The van der Waals surface area contributed by atoms with Crippen LogP contribution in [0.5, 0.6) is 0 Å². The molecule has 0 fully saturated rings. The highest BCUT2D eigenvalue weighted by Gasteiger charge is 2.56. The highest BCUT2D eigenvalue weighted by molar-refractivity contribution is 8.06. The average molecular weight is 447 g/mol. The predicted octanol–water partition coefficient (Wildman–Crippen LogP) is 4.35. The summed E-state index contributed by atoms with van der Waals surface area (Å²) in [4.78, 5) is 22.2. The Morgan fingerprint density at radius 1 is 0.857 bits per heavy atom. The van der Waals surface area contributed by atoms with E-state index in [0.717, 1.165) is 0 Å². The van der Waals surface area contributed by atoms with Gasteiger partial charge in [0.15, 0.2) is 5.25 Å². The van der Waals surface area contributed by atoms with Crippen molar-refractivity contribution in [2.75, 3.05) is 0 Å². The highest BCUT2D eigenvalue weighted by Crippen LogP contribution is 2.47. The Hall–Kier alpha value is -2.52. The molecule has 1 aliphatic rings. The largest absolute Gasteiger partial charge is 0.480 e. The molecule has 5 nitrogen and oxygen atoms in total. The molecule has 1 heterocycles. The lowest BCUT2D eigenvalue weighted by molar-refractivity contribution is -0.135. The Kier molecular flexibility index (Phi) is 6.59. The number of thioether (sulfide) groups is 1. The lowest BCUT2D eigenvalue weighted by atomic mass is 10.1. The summed E-state index contributed by atoms with van der Waals surface area (Å²) in [5, 5.41) is 14.6. The van der Waals surface area contributed by atoms with E-state index in [9.17, 15) is 53.5 Å². The molecule has 1 unspecified atom stereocenters. The Morgan fingerprint density at radius 2 is 1.29 bits per heavy atom. The van der Waals surface area contributed by atoms with Crippen molar-refractivity contribution in [3.05, 3.63) is 34.4 Å². The number of nitrogens with zero attached hydrogens (tertiary/aromatic N) is 1. The van der Waals surface area contributed by atoms with Crippen LogP contribution in [-0.2, 0) is 9.59 Å². The molecule has 0 aromatic heterocycles. The molecule has 0 spiro atoms. The van der Waals surface area contributed by atoms with Gasteiger partial charge in [-0.3, -0.25) is 4.79 Å². The number of carboxylic acid groups (broad SMARTS) is 2. The van der Waals surface area contributed by atoms with E-state index < -0.39 is 80.9 Å². The number of carboxylic acids is 2. The van der Waals surface area contributed by atoms with E-state index >= 15 is 0 Å². The predicted molar refractivity (Wildman–Crippen MR) is 71.7 cm³/mol. The van der Waals surface area contributed by atoms with Crippen molar-refractivity contribution in [3.8, 4) is 0 Å². The van der Waals surface area contributed by atoms with Crippen LogP contribution in [0.25, 0.3) is 0 Å². The molecule has 0 aromatic rings. The van der Waals surface area contributed by atoms with Gasteiger partial charge in [-0.05, 0) is 0 Å². The zero-order chi connectivity index (χ0) is 22.2. The third kappa shape index (κ3) is 4.15. The SMILES string of the molecule is O=C(O)C1=C(C(F)(F)C(F)=C(F)F)N=C(C(F)(F)C(F)=C(F)F)C(C(=O)O)S1. The van der Waals surface area contributed by atoms with E-state index in [-0.39, 0.29) is 0 Å². The van der Waals surface area contributed by atoms with Crippen molar-refractivity contribution in [1.82, 2.24) is 0 Å². The minimum Gasteiger partial charge on any atom is -0.480 e. The minimum atomic E-state index is -5.70. The van der Waals surface area contributed by atoms with Crippen LogP contribution in [-0.4, -0.2) is 45.0 Å². The maximum absolute atomic E-state index is 13.8. The number of rotatable bonds is 6.